The third-order valence-corrected chi connectivity index (χ3v) is 3.52. The van der Waals surface area contributed by atoms with Crippen LogP contribution in [0.15, 0.2) is 53.2 Å². The molecule has 6 nitrogen and oxygen atoms in total. The number of hydrogen-bond donors (Lipinski definition) is 1. The zero-order chi connectivity index (χ0) is 16.9. The van der Waals surface area contributed by atoms with Crippen LogP contribution in [0.5, 0.6) is 5.75 Å². The number of carbonyl (C=O) groups excluding carboxylic acids is 1. The zero-order valence-corrected chi connectivity index (χ0v) is 13.6. The summed E-state index contributed by atoms with van der Waals surface area (Å²) in [5, 5.41) is 10.8. The highest BCUT2D eigenvalue weighted by molar-refractivity contribution is 6.30. The number of aromatic nitrogens is 2. The number of nitrogens with zero attached hydrogens (tertiary/aromatic N) is 2. The van der Waals surface area contributed by atoms with Gasteiger partial charge in [-0.2, -0.15) is 0 Å². The predicted octanol–water partition coefficient (Wildman–Crippen LogP) is 3.72. The maximum absolute atomic E-state index is 12.1. The van der Waals surface area contributed by atoms with Crippen LogP contribution in [0.4, 0.5) is 5.82 Å². The molecule has 0 saturated heterocycles. The molecular formula is C17H14ClN3O3. The molecule has 3 aromatic rings. The van der Waals surface area contributed by atoms with Gasteiger partial charge in [0.1, 0.15) is 5.75 Å². The molecule has 1 N–H and O–H groups in total. The van der Waals surface area contributed by atoms with Crippen LogP contribution >= 0.6 is 11.6 Å². The van der Waals surface area contributed by atoms with Crippen molar-refractivity contribution in [2.75, 3.05) is 11.9 Å². The lowest BCUT2D eigenvalue weighted by molar-refractivity contribution is -0.118. The van der Waals surface area contributed by atoms with Gasteiger partial charge in [-0.25, -0.2) is 4.63 Å². The third kappa shape index (κ3) is 3.72. The Labute approximate surface area is 143 Å². The van der Waals surface area contributed by atoms with E-state index in [1.807, 2.05) is 37.3 Å². The number of aryl methyl sites for hydroxylation is 1. The SMILES string of the molecule is Cc1cc(Cl)ccc1OCC(=O)Nc1nonc1-c1ccccc1. The topological polar surface area (TPSA) is 77.2 Å². The van der Waals surface area contributed by atoms with E-state index >= 15 is 0 Å². The average molecular weight is 344 g/mol. The molecule has 2 aromatic carbocycles. The highest BCUT2D eigenvalue weighted by atomic mass is 35.5. The average Bonchev–Trinajstić information content (AvgIpc) is 3.03. The fourth-order valence-corrected chi connectivity index (χ4v) is 2.37. The van der Waals surface area contributed by atoms with Crippen molar-refractivity contribution in [2.45, 2.75) is 6.92 Å². The lowest BCUT2D eigenvalue weighted by atomic mass is 10.1. The smallest absolute Gasteiger partial charge is 0.263 e. The van der Waals surface area contributed by atoms with Crippen molar-refractivity contribution in [1.29, 1.82) is 0 Å². The van der Waals surface area contributed by atoms with Crippen LogP contribution in [0.25, 0.3) is 11.3 Å². The minimum atomic E-state index is -0.364. The summed E-state index contributed by atoms with van der Waals surface area (Å²) < 4.78 is 10.2. The van der Waals surface area contributed by atoms with Crippen molar-refractivity contribution in [3.05, 3.63) is 59.1 Å². The normalized spacial score (nSPS) is 10.4. The van der Waals surface area contributed by atoms with Crippen molar-refractivity contribution in [3.63, 3.8) is 0 Å². The Morgan fingerprint density at radius 3 is 2.75 bits per heavy atom. The highest BCUT2D eigenvalue weighted by Crippen LogP contribution is 2.24. The van der Waals surface area contributed by atoms with Gasteiger partial charge in [0, 0.05) is 10.6 Å². The molecule has 0 aliphatic heterocycles. The van der Waals surface area contributed by atoms with E-state index in [0.717, 1.165) is 11.1 Å². The number of anilines is 1. The Bertz CT molecular complexity index is 849. The van der Waals surface area contributed by atoms with Gasteiger partial charge in [-0.3, -0.25) is 4.79 Å². The number of hydrogen-bond acceptors (Lipinski definition) is 5. The molecule has 0 unspecified atom stereocenters. The number of ether oxygens (including phenoxy) is 1. The van der Waals surface area contributed by atoms with Gasteiger partial charge in [0.25, 0.3) is 5.91 Å². The number of halogens is 1. The summed E-state index contributed by atoms with van der Waals surface area (Å²) in [5.41, 5.74) is 2.11. The van der Waals surface area contributed by atoms with E-state index in [9.17, 15) is 4.79 Å². The molecule has 0 aliphatic carbocycles. The lowest BCUT2D eigenvalue weighted by Gasteiger charge is -2.09. The maximum Gasteiger partial charge on any atom is 0.263 e. The fourth-order valence-electron chi connectivity index (χ4n) is 2.14. The van der Waals surface area contributed by atoms with Crippen molar-refractivity contribution in [3.8, 4) is 17.0 Å². The first-order valence-electron chi connectivity index (χ1n) is 7.20. The molecule has 122 valence electrons. The van der Waals surface area contributed by atoms with Gasteiger partial charge >= 0.3 is 0 Å². The van der Waals surface area contributed by atoms with Crippen molar-refractivity contribution in [1.82, 2.24) is 10.3 Å². The molecule has 0 aliphatic rings. The molecular weight excluding hydrogens is 330 g/mol. The molecule has 0 bridgehead atoms. The van der Waals surface area contributed by atoms with E-state index in [2.05, 4.69) is 15.6 Å². The van der Waals surface area contributed by atoms with Crippen molar-refractivity contribution < 1.29 is 14.2 Å². The first-order chi connectivity index (χ1) is 11.6. The molecule has 7 heteroatoms. The van der Waals surface area contributed by atoms with E-state index in [1.54, 1.807) is 18.2 Å². The van der Waals surface area contributed by atoms with Crippen LogP contribution in [0.2, 0.25) is 5.02 Å². The monoisotopic (exact) mass is 343 g/mol. The van der Waals surface area contributed by atoms with Crippen molar-refractivity contribution >= 4 is 23.3 Å². The summed E-state index contributed by atoms with van der Waals surface area (Å²) in [7, 11) is 0. The second-order valence-corrected chi connectivity index (χ2v) is 5.51. The fraction of sp³-hybridized carbons (Fsp3) is 0.118. The largest absolute Gasteiger partial charge is 0.483 e. The minimum absolute atomic E-state index is 0.163. The van der Waals surface area contributed by atoms with Gasteiger partial charge in [-0.1, -0.05) is 41.9 Å². The summed E-state index contributed by atoms with van der Waals surface area (Å²) in [4.78, 5) is 12.1. The first kappa shape index (κ1) is 16.0. The Hall–Kier alpha value is -2.86. The van der Waals surface area contributed by atoms with E-state index in [4.69, 9.17) is 21.0 Å². The molecule has 0 saturated carbocycles. The number of amides is 1. The number of rotatable bonds is 5. The lowest BCUT2D eigenvalue weighted by Crippen LogP contribution is -2.21. The first-order valence-corrected chi connectivity index (χ1v) is 7.58. The molecule has 0 spiro atoms. The van der Waals surface area contributed by atoms with Gasteiger partial charge in [0.2, 0.25) is 5.82 Å². The van der Waals surface area contributed by atoms with Gasteiger partial charge in [0.05, 0.1) is 0 Å². The van der Waals surface area contributed by atoms with Crippen molar-refractivity contribution in [2.24, 2.45) is 0 Å². The van der Waals surface area contributed by atoms with Gasteiger partial charge in [-0.05, 0) is 41.0 Å². The molecule has 1 aromatic heterocycles. The third-order valence-electron chi connectivity index (χ3n) is 3.29. The summed E-state index contributed by atoms with van der Waals surface area (Å²) in [6.07, 6.45) is 0. The molecule has 1 amide bonds. The van der Waals surface area contributed by atoms with Gasteiger partial charge in [0.15, 0.2) is 12.3 Å². The number of nitrogens with one attached hydrogen (secondary N) is 1. The quantitative estimate of drug-likeness (QED) is 0.764. The maximum atomic E-state index is 12.1. The number of benzene rings is 2. The zero-order valence-electron chi connectivity index (χ0n) is 12.8. The summed E-state index contributed by atoms with van der Waals surface area (Å²) in [6.45, 7) is 1.69. The summed E-state index contributed by atoms with van der Waals surface area (Å²) >= 11 is 5.89. The Morgan fingerprint density at radius 2 is 2.00 bits per heavy atom. The Kier molecular flexibility index (Phi) is 4.77. The van der Waals surface area contributed by atoms with E-state index in [1.165, 1.54) is 0 Å². The van der Waals surface area contributed by atoms with E-state index in [0.29, 0.717) is 16.5 Å². The van der Waals surface area contributed by atoms with Crippen LogP contribution < -0.4 is 10.1 Å². The second kappa shape index (κ2) is 7.14. The summed E-state index contributed by atoms with van der Waals surface area (Å²) in [5.74, 6) is 0.482. The molecule has 24 heavy (non-hydrogen) atoms. The summed E-state index contributed by atoms with van der Waals surface area (Å²) in [6, 6.07) is 14.5. The molecule has 1 heterocycles. The van der Waals surface area contributed by atoms with E-state index < -0.39 is 0 Å². The van der Waals surface area contributed by atoms with Crippen LogP contribution in [0.1, 0.15) is 5.56 Å². The molecule has 0 radical (unpaired) electrons. The Balaban J connectivity index is 1.65. The molecule has 0 atom stereocenters. The Morgan fingerprint density at radius 1 is 1.21 bits per heavy atom. The van der Waals surface area contributed by atoms with E-state index in [-0.39, 0.29) is 18.3 Å². The molecule has 3 rings (SSSR count). The van der Waals surface area contributed by atoms with Crippen LogP contribution in [0, 0.1) is 6.92 Å². The van der Waals surface area contributed by atoms with Crippen LogP contribution in [-0.2, 0) is 4.79 Å². The molecule has 0 fully saturated rings. The standard InChI is InChI=1S/C17H14ClN3O3/c1-11-9-13(18)7-8-14(11)23-10-15(22)19-17-16(20-24-21-17)12-5-3-2-4-6-12/h2-9H,10H2,1H3,(H,19,21,22). The number of carbonyl (C=O) groups is 1. The second-order valence-electron chi connectivity index (χ2n) is 5.07. The predicted molar refractivity (Wildman–Crippen MR) is 90.0 cm³/mol. The van der Waals surface area contributed by atoms with Gasteiger partial charge in [-0.15, -0.1) is 0 Å². The van der Waals surface area contributed by atoms with Gasteiger partial charge < -0.3 is 10.1 Å². The van der Waals surface area contributed by atoms with Crippen LogP contribution in [0.3, 0.4) is 0 Å². The van der Waals surface area contributed by atoms with Crippen LogP contribution in [-0.4, -0.2) is 22.8 Å². The highest BCUT2D eigenvalue weighted by Gasteiger charge is 2.15. The minimum Gasteiger partial charge on any atom is -0.483 e.